The van der Waals surface area contributed by atoms with Gasteiger partial charge in [-0.2, -0.15) is 21.6 Å². The summed E-state index contributed by atoms with van der Waals surface area (Å²) in [5.74, 6) is 0. The Morgan fingerprint density at radius 2 is 1.58 bits per heavy atom. The van der Waals surface area contributed by atoms with Crippen molar-refractivity contribution in [1.29, 1.82) is 0 Å². The molecule has 0 aromatic carbocycles. The summed E-state index contributed by atoms with van der Waals surface area (Å²) in [6.45, 7) is 8.22. The number of alkyl halides is 3. The zero-order valence-electron chi connectivity index (χ0n) is 11.4. The van der Waals surface area contributed by atoms with Crippen LogP contribution < -0.4 is 0 Å². The number of hydrazine groups is 1. The van der Waals surface area contributed by atoms with E-state index in [1.54, 1.807) is 7.11 Å². The van der Waals surface area contributed by atoms with Crippen molar-refractivity contribution in [2.75, 3.05) is 40.4 Å². The van der Waals surface area contributed by atoms with Crippen molar-refractivity contribution in [3.05, 3.63) is 0 Å². The van der Waals surface area contributed by atoms with Gasteiger partial charge >= 0.3 is 15.6 Å². The van der Waals surface area contributed by atoms with E-state index in [1.165, 1.54) is 0 Å². The molecule has 0 aromatic heterocycles. The van der Waals surface area contributed by atoms with E-state index in [0.717, 1.165) is 26.2 Å². The zero-order chi connectivity index (χ0) is 15.7. The molecule has 1 N–H and O–H groups in total. The van der Waals surface area contributed by atoms with Crippen LogP contribution in [0.2, 0.25) is 0 Å². The first kappa shape index (κ1) is 20.9. The second-order valence-electron chi connectivity index (χ2n) is 3.43. The highest BCUT2D eigenvalue weighted by Crippen LogP contribution is 2.20. The van der Waals surface area contributed by atoms with Crippen LogP contribution >= 0.6 is 0 Å². The minimum absolute atomic E-state index is 0.799. The maximum Gasteiger partial charge on any atom is 0.522 e. The van der Waals surface area contributed by atoms with E-state index in [-0.39, 0.29) is 0 Å². The van der Waals surface area contributed by atoms with Crippen molar-refractivity contribution in [1.82, 2.24) is 10.0 Å². The Bertz CT molecular complexity index is 318. The number of methoxy groups -OCH3 is 1. The average molecular weight is 310 g/mol. The van der Waals surface area contributed by atoms with E-state index < -0.39 is 15.6 Å². The van der Waals surface area contributed by atoms with Gasteiger partial charge in [0.25, 0.3) is 0 Å². The number of ether oxygens (including phenoxy) is 1. The predicted octanol–water partition coefficient (Wildman–Crippen LogP) is 1.22. The molecule has 10 heteroatoms. The SMILES string of the molecule is CCN(CC)N(C)CCOC.O=S(=O)(O)C(F)(F)F. The standard InChI is InChI=1S/C8H20N2O.CHF3O3S/c1-5-10(6-2)9(3)7-8-11-4;2-1(3,4)8(5,6)7/h5-8H2,1-4H3;(H,5,6,7). The van der Waals surface area contributed by atoms with Gasteiger partial charge in [0, 0.05) is 33.8 Å². The van der Waals surface area contributed by atoms with Gasteiger partial charge in [-0.25, -0.2) is 10.0 Å². The third kappa shape index (κ3) is 10.1. The fraction of sp³-hybridized carbons (Fsp3) is 1.00. The molecule has 118 valence electrons. The smallest absolute Gasteiger partial charge is 0.383 e. The molecule has 0 aliphatic carbocycles. The molecule has 0 atom stereocenters. The van der Waals surface area contributed by atoms with E-state index in [9.17, 15) is 13.2 Å². The molecular weight excluding hydrogens is 289 g/mol. The lowest BCUT2D eigenvalue weighted by atomic mass is 10.6. The molecule has 6 nitrogen and oxygen atoms in total. The molecular formula is C9H21F3N2O4S. The summed E-state index contributed by atoms with van der Waals surface area (Å²) in [5, 5.41) is 4.47. The molecule has 0 aliphatic rings. The summed E-state index contributed by atoms with van der Waals surface area (Å²) < 4.78 is 62.5. The van der Waals surface area contributed by atoms with Gasteiger partial charge in [0.05, 0.1) is 6.61 Å². The monoisotopic (exact) mass is 310 g/mol. The summed E-state index contributed by atoms with van der Waals surface area (Å²) >= 11 is 0. The number of hydrogen-bond acceptors (Lipinski definition) is 5. The van der Waals surface area contributed by atoms with E-state index in [2.05, 4.69) is 30.9 Å². The van der Waals surface area contributed by atoms with Gasteiger partial charge in [-0.1, -0.05) is 13.8 Å². The Balaban J connectivity index is 0. The topological polar surface area (TPSA) is 70.1 Å². The molecule has 0 saturated carbocycles. The van der Waals surface area contributed by atoms with Crippen molar-refractivity contribution in [3.8, 4) is 0 Å². The van der Waals surface area contributed by atoms with Crippen LogP contribution in [0.15, 0.2) is 0 Å². The first-order chi connectivity index (χ1) is 8.51. The molecule has 0 bridgehead atoms. The van der Waals surface area contributed by atoms with E-state index >= 15 is 0 Å². The van der Waals surface area contributed by atoms with Gasteiger partial charge in [0.15, 0.2) is 0 Å². The van der Waals surface area contributed by atoms with Crippen LogP contribution in [-0.4, -0.2) is 68.9 Å². The van der Waals surface area contributed by atoms with E-state index in [0.29, 0.717) is 0 Å². The average Bonchev–Trinajstić information content (AvgIpc) is 2.26. The lowest BCUT2D eigenvalue weighted by Gasteiger charge is -2.29. The Morgan fingerprint density at radius 1 is 1.21 bits per heavy atom. The van der Waals surface area contributed by atoms with E-state index in [4.69, 9.17) is 17.7 Å². The summed E-state index contributed by atoms with van der Waals surface area (Å²) in [4.78, 5) is 0. The van der Waals surface area contributed by atoms with Crippen LogP contribution in [0.25, 0.3) is 0 Å². The molecule has 0 radical (unpaired) electrons. The lowest BCUT2D eigenvalue weighted by molar-refractivity contribution is -0.0510. The fourth-order valence-electron chi connectivity index (χ4n) is 1.07. The van der Waals surface area contributed by atoms with Crippen LogP contribution in [-0.2, 0) is 14.9 Å². The molecule has 0 rings (SSSR count). The van der Waals surface area contributed by atoms with Crippen molar-refractivity contribution >= 4 is 10.1 Å². The minimum atomic E-state index is -5.84. The summed E-state index contributed by atoms with van der Waals surface area (Å²) in [6.07, 6.45) is 0. The first-order valence-electron chi connectivity index (χ1n) is 5.49. The van der Waals surface area contributed by atoms with Crippen LogP contribution in [0.3, 0.4) is 0 Å². The molecule has 19 heavy (non-hydrogen) atoms. The Labute approximate surface area is 111 Å². The third-order valence-electron chi connectivity index (χ3n) is 2.12. The van der Waals surface area contributed by atoms with Crippen molar-refractivity contribution in [2.45, 2.75) is 19.4 Å². The maximum absolute atomic E-state index is 10.7. The molecule has 0 spiro atoms. The highest BCUT2D eigenvalue weighted by Gasteiger charge is 2.44. The second kappa shape index (κ2) is 9.48. The van der Waals surface area contributed by atoms with Gasteiger partial charge in [-0.15, -0.1) is 0 Å². The molecule has 0 heterocycles. The molecule has 0 fully saturated rings. The second-order valence-corrected chi connectivity index (χ2v) is 4.85. The lowest BCUT2D eigenvalue weighted by Crippen LogP contribution is -2.41. The molecule has 0 aromatic rings. The van der Waals surface area contributed by atoms with Crippen LogP contribution in [0.4, 0.5) is 13.2 Å². The third-order valence-corrected chi connectivity index (χ3v) is 2.71. The Kier molecular flexibility index (Phi) is 10.4. The predicted molar refractivity (Wildman–Crippen MR) is 65.0 cm³/mol. The Morgan fingerprint density at radius 3 is 1.79 bits per heavy atom. The minimum Gasteiger partial charge on any atom is -0.383 e. The van der Waals surface area contributed by atoms with Crippen LogP contribution in [0, 0.1) is 0 Å². The van der Waals surface area contributed by atoms with Crippen molar-refractivity contribution in [2.24, 2.45) is 0 Å². The van der Waals surface area contributed by atoms with Gasteiger partial charge in [-0.05, 0) is 0 Å². The van der Waals surface area contributed by atoms with Gasteiger partial charge < -0.3 is 4.74 Å². The van der Waals surface area contributed by atoms with Crippen LogP contribution in [0.5, 0.6) is 0 Å². The first-order valence-corrected chi connectivity index (χ1v) is 6.93. The zero-order valence-corrected chi connectivity index (χ0v) is 12.3. The number of halogens is 3. The number of nitrogens with zero attached hydrogens (tertiary/aromatic N) is 2. The number of hydrogen-bond donors (Lipinski definition) is 1. The van der Waals surface area contributed by atoms with Gasteiger partial charge in [0.1, 0.15) is 0 Å². The fourth-order valence-corrected chi connectivity index (χ4v) is 1.07. The number of rotatable bonds is 6. The van der Waals surface area contributed by atoms with Crippen molar-refractivity contribution < 1.29 is 30.9 Å². The normalized spacial score (nSPS) is 12.5. The summed E-state index contributed by atoms with van der Waals surface area (Å²) in [7, 11) is -2.02. The van der Waals surface area contributed by atoms with E-state index in [1.807, 2.05) is 0 Å². The Hall–Kier alpha value is -0.420. The highest BCUT2D eigenvalue weighted by atomic mass is 32.2. The summed E-state index contributed by atoms with van der Waals surface area (Å²) in [5.41, 5.74) is -5.53. The largest absolute Gasteiger partial charge is 0.522 e. The molecule has 0 unspecified atom stereocenters. The molecule has 0 aliphatic heterocycles. The molecule has 0 saturated heterocycles. The molecule has 0 amide bonds. The summed E-state index contributed by atoms with van der Waals surface area (Å²) in [6, 6.07) is 0. The quantitative estimate of drug-likeness (QED) is 0.452. The van der Waals surface area contributed by atoms with Gasteiger partial charge in [0.2, 0.25) is 0 Å². The van der Waals surface area contributed by atoms with Crippen LogP contribution in [0.1, 0.15) is 13.8 Å². The highest BCUT2D eigenvalue weighted by molar-refractivity contribution is 7.86. The van der Waals surface area contributed by atoms with Crippen molar-refractivity contribution in [3.63, 3.8) is 0 Å². The maximum atomic E-state index is 10.7. The van der Waals surface area contributed by atoms with Gasteiger partial charge in [-0.3, -0.25) is 4.55 Å². The number of likely N-dealkylation sites (N-methyl/N-ethyl adjacent to an activating group) is 1.